The fourth-order valence-corrected chi connectivity index (χ4v) is 2.11. The molecule has 0 radical (unpaired) electrons. The van der Waals surface area contributed by atoms with Gasteiger partial charge in [-0.05, 0) is 56.1 Å². The van der Waals surface area contributed by atoms with Crippen LogP contribution in [0, 0.1) is 13.8 Å². The molecular weight excluding hydrogens is 278 g/mol. The summed E-state index contributed by atoms with van der Waals surface area (Å²) in [6.07, 6.45) is 2.78. The third-order valence-corrected chi connectivity index (χ3v) is 3.80. The van der Waals surface area contributed by atoms with E-state index in [0.717, 1.165) is 22.3 Å². The first-order valence-corrected chi connectivity index (χ1v) is 6.43. The SMILES string of the molecule is Cc1cc(-n2ncc(CCN)c2C)ccc1Br. The molecule has 0 fully saturated rings. The Hall–Kier alpha value is -1.13. The molecule has 1 aromatic heterocycles. The van der Waals surface area contributed by atoms with Gasteiger partial charge in [0.15, 0.2) is 0 Å². The highest BCUT2D eigenvalue weighted by atomic mass is 79.9. The molecule has 0 saturated carbocycles. The first-order valence-electron chi connectivity index (χ1n) is 5.63. The molecule has 90 valence electrons. The number of aryl methyl sites for hydroxylation is 1. The number of halogens is 1. The summed E-state index contributed by atoms with van der Waals surface area (Å²) in [5.41, 5.74) is 10.3. The molecule has 2 aromatic rings. The number of benzene rings is 1. The largest absolute Gasteiger partial charge is 0.330 e. The van der Waals surface area contributed by atoms with Gasteiger partial charge in [0.05, 0.1) is 11.9 Å². The normalized spacial score (nSPS) is 10.8. The minimum absolute atomic E-state index is 0.659. The molecule has 4 heteroatoms. The van der Waals surface area contributed by atoms with E-state index < -0.39 is 0 Å². The van der Waals surface area contributed by atoms with Gasteiger partial charge < -0.3 is 5.73 Å². The van der Waals surface area contributed by atoms with Crippen LogP contribution in [0.4, 0.5) is 0 Å². The second-order valence-corrected chi connectivity index (χ2v) is 4.99. The molecule has 0 saturated heterocycles. The smallest absolute Gasteiger partial charge is 0.0652 e. The number of aromatic nitrogens is 2. The van der Waals surface area contributed by atoms with Gasteiger partial charge in [-0.15, -0.1) is 0 Å². The summed E-state index contributed by atoms with van der Waals surface area (Å²) in [7, 11) is 0. The van der Waals surface area contributed by atoms with E-state index >= 15 is 0 Å². The highest BCUT2D eigenvalue weighted by Gasteiger charge is 2.08. The van der Waals surface area contributed by atoms with Crippen LogP contribution in [0.1, 0.15) is 16.8 Å². The van der Waals surface area contributed by atoms with Crippen LogP contribution < -0.4 is 5.73 Å². The summed E-state index contributed by atoms with van der Waals surface area (Å²) in [5, 5.41) is 4.42. The lowest BCUT2D eigenvalue weighted by Gasteiger charge is -2.07. The van der Waals surface area contributed by atoms with Crippen molar-refractivity contribution in [2.75, 3.05) is 6.54 Å². The van der Waals surface area contributed by atoms with Crippen LogP contribution in [0.25, 0.3) is 5.69 Å². The summed E-state index contributed by atoms with van der Waals surface area (Å²) in [6.45, 7) is 4.81. The van der Waals surface area contributed by atoms with E-state index in [0.29, 0.717) is 6.54 Å². The minimum Gasteiger partial charge on any atom is -0.330 e. The van der Waals surface area contributed by atoms with Gasteiger partial charge in [0.1, 0.15) is 0 Å². The summed E-state index contributed by atoms with van der Waals surface area (Å²) in [5.74, 6) is 0. The quantitative estimate of drug-likeness (QED) is 0.946. The molecule has 0 bridgehead atoms. The topological polar surface area (TPSA) is 43.8 Å². The first kappa shape index (κ1) is 12.3. The Morgan fingerprint density at radius 3 is 2.76 bits per heavy atom. The molecule has 17 heavy (non-hydrogen) atoms. The molecule has 2 N–H and O–H groups in total. The predicted octanol–water partition coefficient (Wildman–Crippen LogP) is 2.75. The van der Waals surface area contributed by atoms with Crippen molar-refractivity contribution in [1.82, 2.24) is 9.78 Å². The van der Waals surface area contributed by atoms with Crippen molar-refractivity contribution < 1.29 is 0 Å². The summed E-state index contributed by atoms with van der Waals surface area (Å²) in [4.78, 5) is 0. The van der Waals surface area contributed by atoms with Gasteiger partial charge in [0.25, 0.3) is 0 Å². The van der Waals surface area contributed by atoms with Crippen molar-refractivity contribution in [3.8, 4) is 5.69 Å². The minimum atomic E-state index is 0.659. The van der Waals surface area contributed by atoms with Gasteiger partial charge in [0.2, 0.25) is 0 Å². The van der Waals surface area contributed by atoms with E-state index in [1.165, 1.54) is 11.1 Å². The Balaban J connectivity index is 2.42. The Bertz CT molecular complexity index is 531. The van der Waals surface area contributed by atoms with Gasteiger partial charge in [0, 0.05) is 10.2 Å². The molecule has 0 aliphatic heterocycles. The standard InChI is InChI=1S/C13H16BrN3/c1-9-7-12(3-4-13(9)14)17-10(2)11(5-6-15)8-16-17/h3-4,7-8H,5-6,15H2,1-2H3. The average Bonchev–Trinajstić information content (AvgIpc) is 2.66. The van der Waals surface area contributed by atoms with E-state index in [4.69, 9.17) is 5.73 Å². The Kier molecular flexibility index (Phi) is 3.64. The van der Waals surface area contributed by atoms with Gasteiger partial charge in [-0.25, -0.2) is 4.68 Å². The second kappa shape index (κ2) is 5.02. The van der Waals surface area contributed by atoms with E-state index in [1.54, 1.807) is 0 Å². The van der Waals surface area contributed by atoms with Gasteiger partial charge in [-0.3, -0.25) is 0 Å². The molecule has 0 aliphatic carbocycles. The van der Waals surface area contributed by atoms with Crippen LogP contribution in [0.2, 0.25) is 0 Å². The molecule has 2 rings (SSSR count). The molecule has 1 heterocycles. The van der Waals surface area contributed by atoms with Crippen molar-refractivity contribution >= 4 is 15.9 Å². The van der Waals surface area contributed by atoms with Crippen molar-refractivity contribution in [2.45, 2.75) is 20.3 Å². The van der Waals surface area contributed by atoms with Crippen LogP contribution in [0.5, 0.6) is 0 Å². The molecule has 1 aromatic carbocycles. The average molecular weight is 294 g/mol. The van der Waals surface area contributed by atoms with E-state index in [2.05, 4.69) is 47.0 Å². The third kappa shape index (κ3) is 2.42. The zero-order valence-corrected chi connectivity index (χ0v) is 11.7. The number of nitrogens with zero attached hydrogens (tertiary/aromatic N) is 2. The number of hydrogen-bond acceptors (Lipinski definition) is 2. The number of hydrogen-bond donors (Lipinski definition) is 1. The van der Waals surface area contributed by atoms with Crippen LogP contribution >= 0.6 is 15.9 Å². The molecule has 3 nitrogen and oxygen atoms in total. The van der Waals surface area contributed by atoms with Crippen LogP contribution in [0.3, 0.4) is 0 Å². The Morgan fingerprint density at radius 1 is 1.35 bits per heavy atom. The maximum Gasteiger partial charge on any atom is 0.0652 e. The maximum absolute atomic E-state index is 5.58. The van der Waals surface area contributed by atoms with Gasteiger partial charge >= 0.3 is 0 Å². The summed E-state index contributed by atoms with van der Waals surface area (Å²) >= 11 is 3.50. The fourth-order valence-electron chi connectivity index (χ4n) is 1.87. The monoisotopic (exact) mass is 293 g/mol. The third-order valence-electron chi connectivity index (χ3n) is 2.91. The van der Waals surface area contributed by atoms with Gasteiger partial charge in [-0.2, -0.15) is 5.10 Å². The number of rotatable bonds is 3. The maximum atomic E-state index is 5.58. The zero-order valence-electron chi connectivity index (χ0n) is 10.1. The summed E-state index contributed by atoms with van der Waals surface area (Å²) < 4.78 is 3.08. The lowest BCUT2D eigenvalue weighted by molar-refractivity contribution is 0.840. The molecule has 0 unspecified atom stereocenters. The highest BCUT2D eigenvalue weighted by molar-refractivity contribution is 9.10. The molecule has 0 aliphatic rings. The van der Waals surface area contributed by atoms with Crippen molar-refractivity contribution in [3.05, 3.63) is 45.7 Å². The van der Waals surface area contributed by atoms with Crippen LogP contribution in [-0.2, 0) is 6.42 Å². The van der Waals surface area contributed by atoms with Gasteiger partial charge in [-0.1, -0.05) is 15.9 Å². The van der Waals surface area contributed by atoms with Crippen molar-refractivity contribution in [1.29, 1.82) is 0 Å². The lowest BCUT2D eigenvalue weighted by atomic mass is 10.2. The van der Waals surface area contributed by atoms with E-state index in [9.17, 15) is 0 Å². The first-order chi connectivity index (χ1) is 8.13. The lowest BCUT2D eigenvalue weighted by Crippen LogP contribution is -2.04. The molecule has 0 amide bonds. The Labute approximate surface area is 110 Å². The molecule has 0 atom stereocenters. The predicted molar refractivity (Wildman–Crippen MR) is 73.5 cm³/mol. The molecular formula is C13H16BrN3. The highest BCUT2D eigenvalue weighted by Crippen LogP contribution is 2.21. The van der Waals surface area contributed by atoms with E-state index in [1.807, 2.05) is 16.9 Å². The zero-order chi connectivity index (χ0) is 12.4. The summed E-state index contributed by atoms with van der Waals surface area (Å²) in [6, 6.07) is 6.23. The number of nitrogens with two attached hydrogens (primary N) is 1. The van der Waals surface area contributed by atoms with Crippen molar-refractivity contribution in [3.63, 3.8) is 0 Å². The van der Waals surface area contributed by atoms with Crippen molar-refractivity contribution in [2.24, 2.45) is 5.73 Å². The van der Waals surface area contributed by atoms with Crippen LogP contribution in [-0.4, -0.2) is 16.3 Å². The molecule has 0 spiro atoms. The Morgan fingerprint density at radius 2 is 2.12 bits per heavy atom. The van der Waals surface area contributed by atoms with E-state index in [-0.39, 0.29) is 0 Å². The second-order valence-electron chi connectivity index (χ2n) is 4.14. The fraction of sp³-hybridized carbons (Fsp3) is 0.308. The van der Waals surface area contributed by atoms with Crippen LogP contribution in [0.15, 0.2) is 28.9 Å².